The summed E-state index contributed by atoms with van der Waals surface area (Å²) in [7, 11) is 0. The van der Waals surface area contributed by atoms with Gasteiger partial charge in [-0.05, 0) is 29.8 Å². The van der Waals surface area contributed by atoms with E-state index in [9.17, 15) is 4.79 Å². The monoisotopic (exact) mass is 406 g/mol. The second kappa shape index (κ2) is 8.87. The summed E-state index contributed by atoms with van der Waals surface area (Å²) in [5.74, 6) is 0.956. The predicted molar refractivity (Wildman–Crippen MR) is 118 cm³/mol. The fourth-order valence-corrected chi connectivity index (χ4v) is 4.48. The molecule has 0 spiro atoms. The van der Waals surface area contributed by atoms with Gasteiger partial charge in [-0.3, -0.25) is 9.78 Å². The number of likely N-dealkylation sites (tertiary alicyclic amines) is 1. The largest absolute Gasteiger partial charge is 0.486 e. The van der Waals surface area contributed by atoms with Crippen LogP contribution in [0.15, 0.2) is 65.7 Å². The quantitative estimate of drug-likeness (QED) is 0.543. The Morgan fingerprint density at radius 3 is 2.76 bits per heavy atom. The van der Waals surface area contributed by atoms with E-state index >= 15 is 0 Å². The molecule has 4 rings (SSSR count). The summed E-state index contributed by atoms with van der Waals surface area (Å²) in [5, 5.41) is 1.62. The number of thioether (sulfide) groups is 1. The number of ether oxygens (including phenoxy) is 1. The molecule has 1 saturated heterocycles. The van der Waals surface area contributed by atoms with Crippen LogP contribution in [-0.2, 0) is 11.2 Å². The third-order valence-corrected chi connectivity index (χ3v) is 6.05. The molecule has 0 saturated carbocycles. The smallest absolute Gasteiger partial charge is 0.227 e. The van der Waals surface area contributed by atoms with Crippen LogP contribution in [0.5, 0.6) is 5.75 Å². The molecule has 29 heavy (non-hydrogen) atoms. The Morgan fingerprint density at radius 2 is 1.97 bits per heavy atom. The third kappa shape index (κ3) is 4.91. The second-order valence-corrected chi connectivity index (χ2v) is 9.34. The summed E-state index contributed by atoms with van der Waals surface area (Å²) in [6, 6.07) is 18.3. The first-order chi connectivity index (χ1) is 14.1. The van der Waals surface area contributed by atoms with E-state index in [1.165, 1.54) is 4.90 Å². The minimum atomic E-state index is 0.0105. The Morgan fingerprint density at radius 1 is 1.17 bits per heavy atom. The molecular formula is C24H26N2O2S. The number of nitrogens with zero attached hydrogens (tertiary/aromatic N) is 2. The number of aromatic nitrogens is 1. The number of hydrogen-bond donors (Lipinski definition) is 0. The van der Waals surface area contributed by atoms with Gasteiger partial charge in [0.25, 0.3) is 0 Å². The first-order valence-electron chi connectivity index (χ1n) is 10.1. The van der Waals surface area contributed by atoms with Crippen LogP contribution < -0.4 is 4.74 Å². The standard InChI is InChI=1S/C24H26N2O2S/c1-17(2)29-21-10-8-18(9-11-21)15-23(27)26-14-12-20(16-26)28-22-7-3-5-19-6-4-13-25-24(19)22/h3-11,13,17,20H,12,14-16H2,1-2H3. The topological polar surface area (TPSA) is 42.4 Å². The molecule has 1 aromatic heterocycles. The van der Waals surface area contributed by atoms with Gasteiger partial charge in [0.2, 0.25) is 5.91 Å². The van der Waals surface area contributed by atoms with E-state index in [-0.39, 0.29) is 12.0 Å². The highest BCUT2D eigenvalue weighted by atomic mass is 32.2. The van der Waals surface area contributed by atoms with Gasteiger partial charge in [-0.1, -0.05) is 44.2 Å². The van der Waals surface area contributed by atoms with E-state index in [1.807, 2.05) is 47.0 Å². The van der Waals surface area contributed by atoms with Crippen molar-refractivity contribution in [2.45, 2.75) is 42.9 Å². The van der Waals surface area contributed by atoms with Crippen LogP contribution in [0, 0.1) is 0 Å². The van der Waals surface area contributed by atoms with E-state index in [2.05, 4.69) is 43.1 Å². The van der Waals surface area contributed by atoms with Crippen LogP contribution in [0.25, 0.3) is 10.9 Å². The SMILES string of the molecule is CC(C)Sc1ccc(CC(=O)N2CCC(Oc3cccc4cccnc34)C2)cc1. The zero-order valence-electron chi connectivity index (χ0n) is 16.9. The normalized spacial score (nSPS) is 16.5. The van der Waals surface area contributed by atoms with E-state index in [0.717, 1.165) is 35.2 Å². The Kier molecular flexibility index (Phi) is 6.05. The second-order valence-electron chi connectivity index (χ2n) is 7.69. The van der Waals surface area contributed by atoms with Crippen LogP contribution in [0.3, 0.4) is 0 Å². The molecule has 1 aliphatic rings. The van der Waals surface area contributed by atoms with E-state index in [4.69, 9.17) is 4.74 Å². The van der Waals surface area contributed by atoms with E-state index < -0.39 is 0 Å². The number of pyridine rings is 1. The molecule has 0 bridgehead atoms. The average molecular weight is 407 g/mol. The number of amides is 1. The fraction of sp³-hybridized carbons (Fsp3) is 0.333. The van der Waals surface area contributed by atoms with Crippen LogP contribution in [0.1, 0.15) is 25.8 Å². The van der Waals surface area contributed by atoms with Crippen molar-refractivity contribution < 1.29 is 9.53 Å². The Labute approximate surface area is 176 Å². The lowest BCUT2D eigenvalue weighted by Crippen LogP contribution is -2.32. The lowest BCUT2D eigenvalue weighted by molar-refractivity contribution is -0.129. The molecule has 5 heteroatoms. The van der Waals surface area contributed by atoms with Crippen molar-refractivity contribution in [1.82, 2.24) is 9.88 Å². The number of carbonyl (C=O) groups is 1. The molecular weight excluding hydrogens is 380 g/mol. The van der Waals surface area contributed by atoms with Gasteiger partial charge in [0.05, 0.1) is 13.0 Å². The van der Waals surface area contributed by atoms with Gasteiger partial charge in [0.1, 0.15) is 17.4 Å². The van der Waals surface area contributed by atoms with Gasteiger partial charge in [0, 0.05) is 34.7 Å². The third-order valence-electron chi connectivity index (χ3n) is 5.04. The number of fused-ring (bicyclic) bond motifs is 1. The molecule has 2 aromatic carbocycles. The first-order valence-corrected chi connectivity index (χ1v) is 11.0. The van der Waals surface area contributed by atoms with Gasteiger partial charge in [0.15, 0.2) is 0 Å². The number of rotatable bonds is 6. The summed E-state index contributed by atoms with van der Waals surface area (Å²) >= 11 is 1.84. The Bertz CT molecular complexity index is 982. The first kappa shape index (κ1) is 19.8. The van der Waals surface area contributed by atoms with Crippen molar-refractivity contribution in [3.63, 3.8) is 0 Å². The summed E-state index contributed by atoms with van der Waals surface area (Å²) in [5.41, 5.74) is 1.94. The van der Waals surface area contributed by atoms with E-state index in [0.29, 0.717) is 18.2 Å². The zero-order valence-corrected chi connectivity index (χ0v) is 17.7. The minimum Gasteiger partial charge on any atom is -0.486 e. The Hall–Kier alpha value is -2.53. The van der Waals surface area contributed by atoms with Crippen LogP contribution in [0.4, 0.5) is 0 Å². The van der Waals surface area contributed by atoms with Crippen molar-refractivity contribution in [2.24, 2.45) is 0 Å². The maximum Gasteiger partial charge on any atom is 0.227 e. The number of hydrogen-bond acceptors (Lipinski definition) is 4. The van der Waals surface area contributed by atoms with Gasteiger partial charge < -0.3 is 9.64 Å². The highest BCUT2D eigenvalue weighted by Gasteiger charge is 2.28. The highest BCUT2D eigenvalue weighted by Crippen LogP contribution is 2.27. The lowest BCUT2D eigenvalue weighted by Gasteiger charge is -2.18. The fourth-order valence-electron chi connectivity index (χ4n) is 3.65. The van der Waals surface area contributed by atoms with Crippen molar-refractivity contribution in [2.75, 3.05) is 13.1 Å². The van der Waals surface area contributed by atoms with Crippen molar-refractivity contribution in [3.8, 4) is 5.75 Å². The van der Waals surface area contributed by atoms with E-state index in [1.54, 1.807) is 6.20 Å². The molecule has 1 amide bonds. The number of benzene rings is 2. The molecule has 1 fully saturated rings. The maximum absolute atomic E-state index is 12.7. The highest BCUT2D eigenvalue weighted by molar-refractivity contribution is 7.99. The zero-order chi connectivity index (χ0) is 20.2. The lowest BCUT2D eigenvalue weighted by atomic mass is 10.1. The molecule has 150 valence electrons. The van der Waals surface area contributed by atoms with Crippen LogP contribution in [-0.4, -0.2) is 40.2 Å². The van der Waals surface area contributed by atoms with Gasteiger partial charge in [-0.15, -0.1) is 11.8 Å². The Balaban J connectivity index is 1.35. The molecule has 3 aromatic rings. The molecule has 2 heterocycles. The van der Waals surface area contributed by atoms with Crippen molar-refractivity contribution in [3.05, 3.63) is 66.4 Å². The average Bonchev–Trinajstić information content (AvgIpc) is 3.18. The van der Waals surface area contributed by atoms with Gasteiger partial charge >= 0.3 is 0 Å². The number of para-hydroxylation sites is 1. The molecule has 0 aliphatic carbocycles. The molecule has 0 N–H and O–H groups in total. The van der Waals surface area contributed by atoms with Gasteiger partial charge in [-0.2, -0.15) is 0 Å². The molecule has 4 nitrogen and oxygen atoms in total. The summed E-state index contributed by atoms with van der Waals surface area (Å²) < 4.78 is 6.21. The number of carbonyl (C=O) groups excluding carboxylic acids is 1. The van der Waals surface area contributed by atoms with Crippen LogP contribution >= 0.6 is 11.8 Å². The molecule has 1 atom stereocenters. The summed E-state index contributed by atoms with van der Waals surface area (Å²) in [6.07, 6.45) is 3.08. The molecule has 1 aliphatic heterocycles. The van der Waals surface area contributed by atoms with Crippen LogP contribution in [0.2, 0.25) is 0 Å². The summed E-state index contributed by atoms with van der Waals surface area (Å²) in [6.45, 7) is 5.73. The van der Waals surface area contributed by atoms with Crippen molar-refractivity contribution >= 4 is 28.6 Å². The molecule has 0 radical (unpaired) electrons. The molecule has 1 unspecified atom stereocenters. The predicted octanol–water partition coefficient (Wildman–Crippen LogP) is 4.96. The summed E-state index contributed by atoms with van der Waals surface area (Å²) in [4.78, 5) is 20.4. The maximum atomic E-state index is 12.7. The van der Waals surface area contributed by atoms with Gasteiger partial charge in [-0.25, -0.2) is 0 Å². The minimum absolute atomic E-state index is 0.0105. The van der Waals surface area contributed by atoms with Crippen molar-refractivity contribution in [1.29, 1.82) is 0 Å².